The van der Waals surface area contributed by atoms with Gasteiger partial charge in [-0.15, -0.1) is 6.42 Å². The SMILES string of the molecule is C#CCn1c(C(O)c2ccccc2)nc2ccccc21. The molecule has 0 saturated heterocycles. The number of aliphatic hydroxyl groups is 1. The Bertz CT molecular complexity index is 769. The molecule has 0 radical (unpaired) electrons. The summed E-state index contributed by atoms with van der Waals surface area (Å²) in [6.45, 7) is 0.389. The molecule has 3 aromatic rings. The number of para-hydroxylation sites is 2. The van der Waals surface area contributed by atoms with Gasteiger partial charge in [0.05, 0.1) is 17.6 Å². The molecule has 0 saturated carbocycles. The summed E-state index contributed by atoms with van der Waals surface area (Å²) in [6.07, 6.45) is 4.66. The lowest BCUT2D eigenvalue weighted by atomic mass is 10.1. The normalized spacial score (nSPS) is 12.2. The largest absolute Gasteiger partial charge is 0.380 e. The Kier molecular flexibility index (Phi) is 3.24. The first-order valence-electron chi connectivity index (χ1n) is 6.43. The van der Waals surface area contributed by atoms with Crippen molar-refractivity contribution in [3.63, 3.8) is 0 Å². The number of rotatable bonds is 3. The number of imidazole rings is 1. The highest BCUT2D eigenvalue weighted by atomic mass is 16.3. The molecule has 20 heavy (non-hydrogen) atoms. The average molecular weight is 262 g/mol. The maximum Gasteiger partial charge on any atom is 0.144 e. The van der Waals surface area contributed by atoms with Crippen molar-refractivity contribution in [1.29, 1.82) is 0 Å². The molecule has 2 aromatic carbocycles. The summed E-state index contributed by atoms with van der Waals surface area (Å²) in [5.74, 6) is 3.20. The number of fused-ring (bicyclic) bond motifs is 1. The molecule has 0 spiro atoms. The van der Waals surface area contributed by atoms with Crippen LogP contribution in [0.2, 0.25) is 0 Å². The second-order valence-corrected chi connectivity index (χ2v) is 4.56. The van der Waals surface area contributed by atoms with Gasteiger partial charge in [0.1, 0.15) is 11.9 Å². The van der Waals surface area contributed by atoms with E-state index in [1.807, 2.05) is 59.2 Å². The van der Waals surface area contributed by atoms with Crippen LogP contribution in [0.5, 0.6) is 0 Å². The molecule has 3 heteroatoms. The van der Waals surface area contributed by atoms with Crippen LogP contribution in [-0.2, 0) is 6.54 Å². The molecule has 98 valence electrons. The third kappa shape index (κ3) is 2.07. The van der Waals surface area contributed by atoms with Gasteiger partial charge < -0.3 is 9.67 Å². The minimum absolute atomic E-state index is 0.389. The number of aromatic nitrogens is 2. The topological polar surface area (TPSA) is 38.0 Å². The van der Waals surface area contributed by atoms with Crippen LogP contribution in [0.15, 0.2) is 54.6 Å². The molecule has 3 rings (SSSR count). The van der Waals surface area contributed by atoms with E-state index in [0.29, 0.717) is 12.4 Å². The van der Waals surface area contributed by atoms with Gasteiger partial charge in [-0.3, -0.25) is 0 Å². The summed E-state index contributed by atoms with van der Waals surface area (Å²) in [4.78, 5) is 4.52. The van der Waals surface area contributed by atoms with Crippen molar-refractivity contribution in [2.24, 2.45) is 0 Å². The van der Waals surface area contributed by atoms with Crippen LogP contribution in [0.4, 0.5) is 0 Å². The number of aliphatic hydroxyl groups excluding tert-OH is 1. The number of benzene rings is 2. The Morgan fingerprint density at radius 2 is 1.80 bits per heavy atom. The highest BCUT2D eigenvalue weighted by Gasteiger charge is 2.18. The Morgan fingerprint density at radius 3 is 2.55 bits per heavy atom. The Morgan fingerprint density at radius 1 is 1.10 bits per heavy atom. The molecule has 0 amide bonds. The minimum atomic E-state index is -0.781. The van der Waals surface area contributed by atoms with Crippen molar-refractivity contribution in [2.45, 2.75) is 12.6 Å². The van der Waals surface area contributed by atoms with Crippen LogP contribution >= 0.6 is 0 Å². The fourth-order valence-corrected chi connectivity index (χ4v) is 2.34. The summed E-state index contributed by atoms with van der Waals surface area (Å²) < 4.78 is 1.88. The molecule has 1 unspecified atom stereocenters. The molecule has 0 fully saturated rings. The van der Waals surface area contributed by atoms with Crippen molar-refractivity contribution in [2.75, 3.05) is 0 Å². The quantitative estimate of drug-likeness (QED) is 0.737. The molecular weight excluding hydrogens is 248 g/mol. The van der Waals surface area contributed by atoms with Gasteiger partial charge in [-0.2, -0.15) is 0 Å². The van der Waals surface area contributed by atoms with E-state index in [9.17, 15) is 5.11 Å². The van der Waals surface area contributed by atoms with Crippen LogP contribution in [0.25, 0.3) is 11.0 Å². The molecule has 1 N–H and O–H groups in total. The van der Waals surface area contributed by atoms with Gasteiger partial charge >= 0.3 is 0 Å². The van der Waals surface area contributed by atoms with Crippen molar-refractivity contribution in [3.8, 4) is 12.3 Å². The first kappa shape index (κ1) is 12.5. The molecule has 1 atom stereocenters. The van der Waals surface area contributed by atoms with E-state index >= 15 is 0 Å². The van der Waals surface area contributed by atoms with Gasteiger partial charge in [-0.1, -0.05) is 48.4 Å². The third-order valence-corrected chi connectivity index (χ3v) is 3.29. The zero-order valence-corrected chi connectivity index (χ0v) is 10.9. The van der Waals surface area contributed by atoms with Gasteiger partial charge in [0.25, 0.3) is 0 Å². The zero-order chi connectivity index (χ0) is 13.9. The van der Waals surface area contributed by atoms with Crippen LogP contribution in [-0.4, -0.2) is 14.7 Å². The van der Waals surface area contributed by atoms with E-state index in [-0.39, 0.29) is 0 Å². The average Bonchev–Trinajstić information content (AvgIpc) is 2.87. The summed E-state index contributed by atoms with van der Waals surface area (Å²) >= 11 is 0. The lowest BCUT2D eigenvalue weighted by molar-refractivity contribution is 0.206. The summed E-state index contributed by atoms with van der Waals surface area (Å²) in [5.41, 5.74) is 2.59. The Labute approximate surface area is 117 Å². The fraction of sp³-hybridized carbons (Fsp3) is 0.118. The number of nitrogens with zero attached hydrogens (tertiary/aromatic N) is 2. The van der Waals surface area contributed by atoms with Gasteiger partial charge in [-0.05, 0) is 17.7 Å². The van der Waals surface area contributed by atoms with Gasteiger partial charge in [0, 0.05) is 0 Å². The molecule has 1 aromatic heterocycles. The third-order valence-electron chi connectivity index (χ3n) is 3.29. The zero-order valence-electron chi connectivity index (χ0n) is 10.9. The van der Waals surface area contributed by atoms with Crippen molar-refractivity contribution in [3.05, 3.63) is 66.0 Å². The monoisotopic (exact) mass is 262 g/mol. The molecule has 0 aliphatic rings. The van der Waals surface area contributed by atoms with Crippen LogP contribution in [0, 0.1) is 12.3 Å². The second kappa shape index (κ2) is 5.20. The predicted molar refractivity (Wildman–Crippen MR) is 79.1 cm³/mol. The maximum absolute atomic E-state index is 10.5. The van der Waals surface area contributed by atoms with E-state index in [2.05, 4.69) is 10.9 Å². The van der Waals surface area contributed by atoms with Crippen molar-refractivity contribution < 1.29 is 5.11 Å². The summed E-state index contributed by atoms with van der Waals surface area (Å²) in [7, 11) is 0. The smallest absolute Gasteiger partial charge is 0.144 e. The van der Waals surface area contributed by atoms with E-state index in [1.165, 1.54) is 0 Å². The molecule has 3 nitrogen and oxygen atoms in total. The number of terminal acetylenes is 1. The number of hydrogen-bond donors (Lipinski definition) is 1. The van der Waals surface area contributed by atoms with E-state index in [0.717, 1.165) is 16.6 Å². The van der Waals surface area contributed by atoms with Gasteiger partial charge in [0.2, 0.25) is 0 Å². The second-order valence-electron chi connectivity index (χ2n) is 4.56. The summed E-state index contributed by atoms with van der Waals surface area (Å²) in [5, 5.41) is 10.5. The lowest BCUT2D eigenvalue weighted by Gasteiger charge is -2.12. The maximum atomic E-state index is 10.5. The fourth-order valence-electron chi connectivity index (χ4n) is 2.34. The van der Waals surface area contributed by atoms with Crippen molar-refractivity contribution in [1.82, 2.24) is 9.55 Å². The van der Waals surface area contributed by atoms with Crippen LogP contribution < -0.4 is 0 Å². The van der Waals surface area contributed by atoms with Crippen molar-refractivity contribution >= 4 is 11.0 Å². The standard InChI is InChI=1S/C17H14N2O/c1-2-12-19-15-11-7-6-10-14(15)18-17(19)16(20)13-8-4-3-5-9-13/h1,3-11,16,20H,12H2. The van der Waals surface area contributed by atoms with E-state index < -0.39 is 6.10 Å². The first-order valence-corrected chi connectivity index (χ1v) is 6.43. The molecular formula is C17H14N2O. The van der Waals surface area contributed by atoms with Crippen LogP contribution in [0.3, 0.4) is 0 Å². The van der Waals surface area contributed by atoms with E-state index in [1.54, 1.807) is 0 Å². The predicted octanol–water partition coefficient (Wildman–Crippen LogP) is 2.75. The van der Waals surface area contributed by atoms with Gasteiger partial charge in [0.15, 0.2) is 0 Å². The van der Waals surface area contributed by atoms with Crippen LogP contribution in [0.1, 0.15) is 17.5 Å². The summed E-state index contributed by atoms with van der Waals surface area (Å²) in [6, 6.07) is 17.2. The minimum Gasteiger partial charge on any atom is -0.380 e. The lowest BCUT2D eigenvalue weighted by Crippen LogP contribution is -2.09. The molecule has 0 bridgehead atoms. The molecule has 0 aliphatic carbocycles. The van der Waals surface area contributed by atoms with E-state index in [4.69, 9.17) is 6.42 Å². The molecule has 0 aliphatic heterocycles. The molecule has 1 heterocycles. The van der Waals surface area contributed by atoms with Gasteiger partial charge in [-0.25, -0.2) is 4.98 Å². The first-order chi connectivity index (χ1) is 9.81. The Balaban J connectivity index is 2.16. The highest BCUT2D eigenvalue weighted by Crippen LogP contribution is 2.25. The Hall–Kier alpha value is -2.57. The highest BCUT2D eigenvalue weighted by molar-refractivity contribution is 5.76. The number of hydrogen-bond acceptors (Lipinski definition) is 2.